The first-order chi connectivity index (χ1) is 32.1. The Labute approximate surface area is 385 Å². The van der Waals surface area contributed by atoms with Crippen LogP contribution < -0.4 is 0 Å². The zero-order valence-corrected chi connectivity index (χ0v) is 37.5. The third-order valence-electron chi connectivity index (χ3n) is 13.9. The first-order valence-corrected chi connectivity index (χ1v) is 22.7. The molecule has 9 aromatic carbocycles. The van der Waals surface area contributed by atoms with E-state index in [9.17, 15) is 9.59 Å². The smallest absolute Gasteiger partial charge is 0.193 e. The van der Waals surface area contributed by atoms with E-state index in [1.165, 1.54) is 43.6 Å². The summed E-state index contributed by atoms with van der Waals surface area (Å²) in [4.78, 5) is 28.4. The lowest BCUT2D eigenvalue weighted by atomic mass is 9.77. The molecule has 11 aromatic rings. The Morgan fingerprint density at radius 2 is 0.591 bits per heavy atom. The maximum absolute atomic E-state index is 14.2. The van der Waals surface area contributed by atoms with E-state index in [4.69, 9.17) is 0 Å². The van der Waals surface area contributed by atoms with Crippen molar-refractivity contribution >= 4 is 55.2 Å². The molecule has 2 heterocycles. The van der Waals surface area contributed by atoms with Crippen LogP contribution in [0.3, 0.4) is 0 Å². The molecule has 0 aliphatic heterocycles. The summed E-state index contributed by atoms with van der Waals surface area (Å²) in [7, 11) is 0. The topological polar surface area (TPSA) is 44.0 Å². The van der Waals surface area contributed by atoms with Gasteiger partial charge in [0.2, 0.25) is 0 Å². The number of nitrogens with zero attached hydrogens (tertiary/aromatic N) is 2. The zero-order valence-electron chi connectivity index (χ0n) is 37.5. The minimum absolute atomic E-state index is 0.122. The van der Waals surface area contributed by atoms with Crippen LogP contribution in [0, 0.1) is 0 Å². The van der Waals surface area contributed by atoms with Gasteiger partial charge in [-0.3, -0.25) is 9.59 Å². The van der Waals surface area contributed by atoms with Crippen molar-refractivity contribution in [2.75, 3.05) is 0 Å². The van der Waals surface area contributed by atoms with Crippen molar-refractivity contribution in [1.82, 2.24) is 9.13 Å². The predicted molar refractivity (Wildman–Crippen MR) is 272 cm³/mol. The minimum Gasteiger partial charge on any atom is -0.309 e. The monoisotopic (exact) mass is 852 g/mol. The molecule has 0 N–H and O–H groups in total. The van der Waals surface area contributed by atoms with Crippen molar-refractivity contribution < 1.29 is 9.59 Å². The minimum atomic E-state index is -0.388. The number of carbonyl (C=O) groups is 2. The van der Waals surface area contributed by atoms with Gasteiger partial charge in [0.1, 0.15) is 0 Å². The van der Waals surface area contributed by atoms with Gasteiger partial charge in [0, 0.05) is 66.0 Å². The molecular formula is C62H48N2O2. The van der Waals surface area contributed by atoms with Gasteiger partial charge in [0.15, 0.2) is 11.6 Å². The molecule has 4 heteroatoms. The maximum atomic E-state index is 14.2. The van der Waals surface area contributed by atoms with Crippen LogP contribution in [-0.2, 0) is 10.8 Å². The molecule has 0 unspecified atom stereocenters. The molecule has 2 aromatic heterocycles. The molecule has 0 amide bonds. The Bertz CT molecular complexity index is 3330. The highest BCUT2D eigenvalue weighted by molar-refractivity contribution is 6.14. The van der Waals surface area contributed by atoms with Gasteiger partial charge in [-0.25, -0.2) is 0 Å². The summed E-state index contributed by atoms with van der Waals surface area (Å²) in [6, 6.07) is 74.7. The maximum Gasteiger partial charge on any atom is 0.193 e. The van der Waals surface area contributed by atoms with Crippen molar-refractivity contribution in [2.24, 2.45) is 0 Å². The van der Waals surface area contributed by atoms with Crippen molar-refractivity contribution in [3.8, 4) is 11.4 Å². The van der Waals surface area contributed by atoms with Gasteiger partial charge >= 0.3 is 0 Å². The van der Waals surface area contributed by atoms with Crippen molar-refractivity contribution in [1.29, 1.82) is 0 Å². The first kappa shape index (κ1) is 40.7. The standard InChI is InChI=1S/C62H48N2O2/c1-61(2,45-30-34-49(35-31-45)63-55-26-9-5-22-51(55)52-23-6-10-27-56(52)63)47-20-14-18-43(39-47)59(65)41-16-13-17-42(38-41)60(66)44-19-15-21-48(40-44)62(3,4)46-32-36-50(37-33-46)64-57-28-11-7-24-53(57)54-25-8-12-29-58(54)64/h5-40H,1-4H3. The number of aromatic nitrogens is 2. The Morgan fingerprint density at radius 3 is 0.924 bits per heavy atom. The fourth-order valence-corrected chi connectivity index (χ4v) is 10.0. The number of fused-ring (bicyclic) bond motifs is 6. The van der Waals surface area contributed by atoms with E-state index in [1.54, 1.807) is 24.3 Å². The van der Waals surface area contributed by atoms with E-state index in [0.717, 1.165) is 33.6 Å². The Hall–Kier alpha value is -8.08. The molecular weight excluding hydrogens is 805 g/mol. The van der Waals surface area contributed by atoms with Crippen LogP contribution in [0.25, 0.3) is 55.0 Å². The number of para-hydroxylation sites is 4. The fraction of sp³-hybridized carbons (Fsp3) is 0.0968. The molecule has 11 rings (SSSR count). The van der Waals surface area contributed by atoms with Crippen LogP contribution in [0.2, 0.25) is 0 Å². The number of ketones is 2. The lowest BCUT2D eigenvalue weighted by molar-refractivity contribution is 0.103. The molecule has 0 saturated heterocycles. The van der Waals surface area contributed by atoms with Crippen molar-refractivity contribution in [3.63, 3.8) is 0 Å². The van der Waals surface area contributed by atoms with Gasteiger partial charge in [0.05, 0.1) is 22.1 Å². The number of rotatable bonds is 10. The van der Waals surface area contributed by atoms with Gasteiger partial charge in [0.25, 0.3) is 0 Å². The summed E-state index contributed by atoms with van der Waals surface area (Å²) < 4.78 is 4.65. The predicted octanol–water partition coefficient (Wildman–Crippen LogP) is 15.0. The van der Waals surface area contributed by atoms with Crippen molar-refractivity contribution in [3.05, 3.63) is 263 Å². The quantitative estimate of drug-likeness (QED) is 0.129. The summed E-state index contributed by atoms with van der Waals surface area (Å²) in [5.74, 6) is -0.244. The van der Waals surface area contributed by atoms with Gasteiger partial charge in [-0.05, 0) is 89.0 Å². The third kappa shape index (κ3) is 6.76. The summed E-state index contributed by atoms with van der Waals surface area (Å²) in [6.07, 6.45) is 0. The summed E-state index contributed by atoms with van der Waals surface area (Å²) in [5.41, 5.74) is 12.6. The molecule has 0 aliphatic rings. The van der Waals surface area contributed by atoms with Gasteiger partial charge in [-0.1, -0.05) is 179 Å². The summed E-state index contributed by atoms with van der Waals surface area (Å²) in [6.45, 7) is 8.79. The molecule has 66 heavy (non-hydrogen) atoms. The summed E-state index contributed by atoms with van der Waals surface area (Å²) >= 11 is 0. The Kier molecular flexibility index (Phi) is 9.78. The molecule has 318 valence electrons. The number of hydrogen-bond acceptors (Lipinski definition) is 2. The van der Waals surface area contributed by atoms with Gasteiger partial charge in [-0.2, -0.15) is 0 Å². The lowest BCUT2D eigenvalue weighted by Gasteiger charge is -2.27. The normalized spacial score (nSPS) is 12.1. The van der Waals surface area contributed by atoms with Gasteiger partial charge in [-0.15, -0.1) is 0 Å². The number of benzene rings is 9. The van der Waals surface area contributed by atoms with E-state index in [-0.39, 0.29) is 22.4 Å². The largest absolute Gasteiger partial charge is 0.309 e. The Morgan fingerprint density at radius 1 is 0.303 bits per heavy atom. The van der Waals surface area contributed by atoms with Crippen molar-refractivity contribution in [2.45, 2.75) is 38.5 Å². The second-order valence-electron chi connectivity index (χ2n) is 18.5. The molecule has 0 radical (unpaired) electrons. The highest BCUT2D eigenvalue weighted by Crippen LogP contribution is 2.38. The zero-order chi connectivity index (χ0) is 45.2. The molecule has 0 fully saturated rings. The lowest BCUT2D eigenvalue weighted by Crippen LogP contribution is -2.20. The molecule has 0 bridgehead atoms. The molecule has 0 spiro atoms. The second kappa shape index (κ2) is 15.9. The first-order valence-electron chi connectivity index (χ1n) is 22.7. The molecule has 4 nitrogen and oxygen atoms in total. The molecule has 0 aliphatic carbocycles. The van der Waals surface area contributed by atoms with Gasteiger partial charge < -0.3 is 9.13 Å². The molecule has 0 saturated carbocycles. The average Bonchev–Trinajstić information content (AvgIpc) is 3.89. The van der Waals surface area contributed by atoms with Crippen LogP contribution in [0.1, 0.15) is 81.8 Å². The van der Waals surface area contributed by atoms with E-state index < -0.39 is 0 Å². The van der Waals surface area contributed by atoms with Crippen LogP contribution in [0.4, 0.5) is 0 Å². The highest BCUT2D eigenvalue weighted by atomic mass is 16.1. The number of hydrogen-bond donors (Lipinski definition) is 0. The van der Waals surface area contributed by atoms with Crippen LogP contribution in [0.5, 0.6) is 0 Å². The van der Waals surface area contributed by atoms with Crippen LogP contribution in [-0.4, -0.2) is 20.7 Å². The van der Waals surface area contributed by atoms with Crippen LogP contribution >= 0.6 is 0 Å². The van der Waals surface area contributed by atoms with E-state index in [0.29, 0.717) is 22.3 Å². The third-order valence-corrected chi connectivity index (χ3v) is 13.9. The van der Waals surface area contributed by atoms with E-state index >= 15 is 0 Å². The Balaban J connectivity index is 0.830. The van der Waals surface area contributed by atoms with E-state index in [2.05, 4.69) is 195 Å². The van der Waals surface area contributed by atoms with Crippen LogP contribution in [0.15, 0.2) is 218 Å². The summed E-state index contributed by atoms with van der Waals surface area (Å²) in [5, 5.41) is 4.93. The second-order valence-corrected chi connectivity index (χ2v) is 18.5. The fourth-order valence-electron chi connectivity index (χ4n) is 10.0. The van der Waals surface area contributed by atoms with E-state index in [1.807, 2.05) is 36.4 Å². The molecule has 0 atom stereocenters. The SMILES string of the molecule is CC(C)(c1ccc(-n2c3ccccc3c3ccccc32)cc1)c1cccc(C(=O)c2cccc(C(=O)c3cccc(C(C)(C)c4ccc(-n5c6ccccc6c6ccccc65)cc4)c3)c2)c1. The number of carbonyl (C=O) groups excluding carboxylic acids is 2. The highest BCUT2D eigenvalue weighted by Gasteiger charge is 2.27. The average molecular weight is 853 g/mol.